The molecule has 3 nitrogen and oxygen atoms in total. The molecule has 60 valence electrons. The zero-order chi connectivity index (χ0) is 8.97. The van der Waals surface area contributed by atoms with Gasteiger partial charge in [0.15, 0.2) is 0 Å². The average Bonchev–Trinajstić information content (AvgIpc) is 2.05. The molecule has 1 aromatic rings. The number of isothiocyanates is 1. The molecular formula is C8H6N2OS. The molecule has 1 rings (SSSR count). The van der Waals surface area contributed by atoms with Crippen LogP contribution in [0.2, 0.25) is 0 Å². The summed E-state index contributed by atoms with van der Waals surface area (Å²) in [6, 6.07) is 3.55. The first kappa shape index (κ1) is 8.71. The van der Waals surface area contributed by atoms with Crippen molar-refractivity contribution in [1.82, 2.24) is 4.98 Å². The van der Waals surface area contributed by atoms with Crippen LogP contribution in [0, 0.1) is 6.92 Å². The van der Waals surface area contributed by atoms with E-state index in [1.165, 1.54) is 0 Å². The third-order valence-electron chi connectivity index (χ3n) is 1.36. The fraction of sp³-hybridized carbons (Fsp3) is 0.125. The molecule has 0 aliphatic carbocycles. The Balaban J connectivity index is 3.11. The first-order valence-electron chi connectivity index (χ1n) is 3.29. The second-order valence-electron chi connectivity index (χ2n) is 2.18. The van der Waals surface area contributed by atoms with Crippen molar-refractivity contribution in [2.75, 3.05) is 0 Å². The monoisotopic (exact) mass is 178 g/mol. The van der Waals surface area contributed by atoms with Gasteiger partial charge in [0.2, 0.25) is 0 Å². The molecule has 0 aromatic carbocycles. The summed E-state index contributed by atoms with van der Waals surface area (Å²) in [5.74, 6) is -0.442. The van der Waals surface area contributed by atoms with Gasteiger partial charge in [-0.25, -0.2) is 0 Å². The van der Waals surface area contributed by atoms with Crippen molar-refractivity contribution >= 4 is 23.3 Å². The van der Waals surface area contributed by atoms with Gasteiger partial charge < -0.3 is 0 Å². The van der Waals surface area contributed by atoms with Gasteiger partial charge in [-0.2, -0.15) is 4.99 Å². The van der Waals surface area contributed by atoms with Gasteiger partial charge in [0.05, 0.1) is 5.16 Å². The van der Waals surface area contributed by atoms with Gasteiger partial charge >= 0.3 is 5.91 Å². The van der Waals surface area contributed by atoms with Crippen LogP contribution in [0.4, 0.5) is 0 Å². The number of pyridine rings is 1. The summed E-state index contributed by atoms with van der Waals surface area (Å²) in [5.41, 5.74) is 1.12. The molecule has 0 unspecified atom stereocenters. The van der Waals surface area contributed by atoms with E-state index in [1.54, 1.807) is 25.3 Å². The maximum Gasteiger partial charge on any atom is 0.304 e. The molecule has 0 atom stereocenters. The van der Waals surface area contributed by atoms with E-state index in [0.29, 0.717) is 5.69 Å². The quantitative estimate of drug-likeness (QED) is 0.485. The number of aromatic nitrogens is 1. The van der Waals surface area contributed by atoms with Crippen LogP contribution in [0.3, 0.4) is 0 Å². The molecule has 0 aliphatic rings. The Morgan fingerprint density at radius 2 is 2.50 bits per heavy atom. The van der Waals surface area contributed by atoms with E-state index < -0.39 is 5.91 Å². The van der Waals surface area contributed by atoms with E-state index in [2.05, 4.69) is 22.2 Å². The highest BCUT2D eigenvalue weighted by Gasteiger charge is 2.06. The molecule has 0 bridgehead atoms. The molecule has 12 heavy (non-hydrogen) atoms. The number of nitrogens with zero attached hydrogens (tertiary/aromatic N) is 2. The summed E-state index contributed by atoms with van der Waals surface area (Å²) in [6.07, 6.45) is 1.54. The lowest BCUT2D eigenvalue weighted by Gasteiger charge is -1.96. The lowest BCUT2D eigenvalue weighted by Crippen LogP contribution is -2.00. The molecule has 0 N–H and O–H groups in total. The Kier molecular flexibility index (Phi) is 2.80. The first-order valence-corrected chi connectivity index (χ1v) is 3.70. The van der Waals surface area contributed by atoms with Crippen LogP contribution in [0.15, 0.2) is 23.3 Å². The van der Waals surface area contributed by atoms with Crippen LogP contribution in [0.1, 0.15) is 16.1 Å². The van der Waals surface area contributed by atoms with Crippen molar-refractivity contribution in [2.45, 2.75) is 6.92 Å². The molecule has 0 saturated carbocycles. The number of hydrogen-bond acceptors (Lipinski definition) is 3. The third kappa shape index (κ3) is 1.81. The highest BCUT2D eigenvalue weighted by molar-refractivity contribution is 7.78. The first-order chi connectivity index (χ1) is 5.75. The average molecular weight is 178 g/mol. The van der Waals surface area contributed by atoms with Crippen molar-refractivity contribution < 1.29 is 4.79 Å². The van der Waals surface area contributed by atoms with Crippen LogP contribution < -0.4 is 0 Å². The molecule has 0 radical (unpaired) electrons. The second-order valence-corrected chi connectivity index (χ2v) is 2.36. The fourth-order valence-corrected chi connectivity index (χ4v) is 0.887. The summed E-state index contributed by atoms with van der Waals surface area (Å²) in [7, 11) is 0. The van der Waals surface area contributed by atoms with Gasteiger partial charge in [-0.3, -0.25) is 9.78 Å². The maximum atomic E-state index is 11.1. The lowest BCUT2D eigenvalue weighted by atomic mass is 10.2. The normalized spacial score (nSPS) is 8.75. The van der Waals surface area contributed by atoms with Crippen LogP contribution >= 0.6 is 12.2 Å². The maximum absolute atomic E-state index is 11.1. The SMILES string of the molecule is Cc1cccnc1C(=O)N=C=S. The molecule has 0 spiro atoms. The standard InChI is InChI=1S/C8H6N2OS/c1-6-3-2-4-9-7(6)8(11)10-5-12/h2-4H,1H3. The topological polar surface area (TPSA) is 42.3 Å². The smallest absolute Gasteiger partial charge is 0.264 e. The number of hydrogen-bond donors (Lipinski definition) is 0. The van der Waals surface area contributed by atoms with Crippen molar-refractivity contribution in [3.8, 4) is 0 Å². The predicted molar refractivity (Wildman–Crippen MR) is 48.3 cm³/mol. The number of aryl methyl sites for hydroxylation is 1. The summed E-state index contributed by atoms with van der Waals surface area (Å²) in [6.45, 7) is 1.79. The van der Waals surface area contributed by atoms with Crippen LogP contribution in [-0.4, -0.2) is 16.1 Å². The summed E-state index contributed by atoms with van der Waals surface area (Å²) >= 11 is 4.31. The number of carbonyl (C=O) groups excluding carboxylic acids is 1. The van der Waals surface area contributed by atoms with Gasteiger partial charge in [0.25, 0.3) is 0 Å². The molecule has 0 saturated heterocycles. The Labute approximate surface area is 75.2 Å². The summed E-state index contributed by atoms with van der Waals surface area (Å²) in [4.78, 5) is 18.3. The van der Waals surface area contributed by atoms with Crippen molar-refractivity contribution in [1.29, 1.82) is 0 Å². The highest BCUT2D eigenvalue weighted by Crippen LogP contribution is 2.03. The molecular weight excluding hydrogens is 172 g/mol. The molecule has 4 heteroatoms. The Morgan fingerprint density at radius 3 is 3.08 bits per heavy atom. The third-order valence-corrected chi connectivity index (χ3v) is 1.45. The minimum atomic E-state index is -0.442. The fourth-order valence-electron chi connectivity index (χ4n) is 0.804. The number of aliphatic imine (C=N–C) groups is 1. The number of carbonyl (C=O) groups is 1. The Hall–Kier alpha value is -1.38. The second kappa shape index (κ2) is 3.85. The van der Waals surface area contributed by atoms with E-state index in [4.69, 9.17) is 0 Å². The molecule has 1 heterocycles. The largest absolute Gasteiger partial charge is 0.304 e. The van der Waals surface area contributed by atoms with E-state index in [9.17, 15) is 4.79 Å². The van der Waals surface area contributed by atoms with Gasteiger partial charge in [0, 0.05) is 6.20 Å². The predicted octanol–water partition coefficient (Wildman–Crippen LogP) is 1.63. The zero-order valence-electron chi connectivity index (χ0n) is 6.44. The number of rotatable bonds is 1. The van der Waals surface area contributed by atoms with Gasteiger partial charge in [-0.05, 0) is 30.8 Å². The molecule has 0 fully saturated rings. The zero-order valence-corrected chi connectivity index (χ0v) is 7.26. The van der Waals surface area contributed by atoms with Crippen LogP contribution in [0.5, 0.6) is 0 Å². The van der Waals surface area contributed by atoms with Crippen molar-refractivity contribution in [3.05, 3.63) is 29.6 Å². The van der Waals surface area contributed by atoms with Gasteiger partial charge in [0.1, 0.15) is 5.69 Å². The molecule has 1 aromatic heterocycles. The minimum absolute atomic E-state index is 0.329. The number of thiocarbonyl (C=S) groups is 1. The highest BCUT2D eigenvalue weighted by atomic mass is 32.1. The van der Waals surface area contributed by atoms with Gasteiger partial charge in [-0.15, -0.1) is 0 Å². The summed E-state index contributed by atoms with van der Waals surface area (Å²) in [5, 5.41) is 2.01. The van der Waals surface area contributed by atoms with E-state index in [1.807, 2.05) is 5.16 Å². The minimum Gasteiger partial charge on any atom is -0.264 e. The molecule has 0 aliphatic heterocycles. The van der Waals surface area contributed by atoms with E-state index >= 15 is 0 Å². The summed E-state index contributed by atoms with van der Waals surface area (Å²) < 4.78 is 0. The Morgan fingerprint density at radius 1 is 1.75 bits per heavy atom. The van der Waals surface area contributed by atoms with Crippen LogP contribution in [0.25, 0.3) is 0 Å². The Bertz CT molecular complexity index is 356. The van der Waals surface area contributed by atoms with Gasteiger partial charge in [-0.1, -0.05) is 6.07 Å². The van der Waals surface area contributed by atoms with Crippen molar-refractivity contribution in [3.63, 3.8) is 0 Å². The van der Waals surface area contributed by atoms with E-state index in [-0.39, 0.29) is 0 Å². The number of amides is 1. The van der Waals surface area contributed by atoms with Crippen molar-refractivity contribution in [2.24, 2.45) is 4.99 Å². The molecule has 1 amide bonds. The van der Waals surface area contributed by atoms with Crippen LogP contribution in [-0.2, 0) is 0 Å². The van der Waals surface area contributed by atoms with E-state index in [0.717, 1.165) is 5.56 Å². The lowest BCUT2D eigenvalue weighted by molar-refractivity contribution is 0.0998.